The van der Waals surface area contributed by atoms with Gasteiger partial charge in [-0.25, -0.2) is 4.39 Å². The lowest BCUT2D eigenvalue weighted by Crippen LogP contribution is -2.24. The van der Waals surface area contributed by atoms with Gasteiger partial charge in [-0.05, 0) is 43.6 Å². The lowest BCUT2D eigenvalue weighted by Gasteiger charge is -2.18. The zero-order valence-corrected chi connectivity index (χ0v) is 13.0. The molecule has 0 unspecified atom stereocenters. The summed E-state index contributed by atoms with van der Waals surface area (Å²) in [6.45, 7) is 5.37. The number of rotatable bonds is 5. The number of benzene rings is 1. The summed E-state index contributed by atoms with van der Waals surface area (Å²) in [4.78, 5) is 14.0. The van der Waals surface area contributed by atoms with Crippen LogP contribution >= 0.6 is 23.2 Å². The number of aromatic nitrogens is 3. The monoisotopic (exact) mass is 330 g/mol. The average molecular weight is 331 g/mol. The molecule has 0 amide bonds. The summed E-state index contributed by atoms with van der Waals surface area (Å²) in [5, 5.41) is 0.135. The Morgan fingerprint density at radius 1 is 1.14 bits per heavy atom. The van der Waals surface area contributed by atoms with Crippen molar-refractivity contribution in [3.8, 4) is 11.8 Å². The Labute approximate surface area is 131 Å². The number of halogens is 3. The summed E-state index contributed by atoms with van der Waals surface area (Å²) in [6, 6.07) is 3.78. The molecule has 0 N–H and O–H groups in total. The molecule has 2 aromatic rings. The molecule has 1 heterocycles. The van der Waals surface area contributed by atoms with Crippen molar-refractivity contribution >= 4 is 29.2 Å². The first-order valence-corrected chi connectivity index (χ1v) is 7.08. The normalized spacial score (nSPS) is 10.5. The number of ether oxygens (including phenoxy) is 1. The van der Waals surface area contributed by atoms with E-state index >= 15 is 0 Å². The van der Waals surface area contributed by atoms with Gasteiger partial charge in [0.05, 0.1) is 5.02 Å². The first-order valence-electron chi connectivity index (χ1n) is 6.33. The summed E-state index contributed by atoms with van der Waals surface area (Å²) >= 11 is 11.8. The average Bonchev–Trinajstić information content (AvgIpc) is 2.43. The van der Waals surface area contributed by atoms with Crippen molar-refractivity contribution in [2.75, 3.05) is 18.0 Å². The SMILES string of the molecule is CCN(CC)c1nc(Cl)nc(Oc2ccc(F)cc2Cl)n1. The van der Waals surface area contributed by atoms with Crippen LogP contribution in [0.2, 0.25) is 10.3 Å². The van der Waals surface area contributed by atoms with E-state index in [0.717, 1.165) is 6.07 Å². The van der Waals surface area contributed by atoms with Gasteiger partial charge in [-0.15, -0.1) is 0 Å². The van der Waals surface area contributed by atoms with E-state index in [9.17, 15) is 4.39 Å². The molecule has 0 radical (unpaired) electrons. The van der Waals surface area contributed by atoms with Crippen molar-refractivity contribution < 1.29 is 9.13 Å². The predicted octanol–water partition coefficient (Wildman–Crippen LogP) is 3.96. The minimum absolute atomic E-state index is 0.00501. The fraction of sp³-hybridized carbons (Fsp3) is 0.308. The zero-order valence-electron chi connectivity index (χ0n) is 11.5. The maximum Gasteiger partial charge on any atom is 0.328 e. The fourth-order valence-corrected chi connectivity index (χ4v) is 2.03. The van der Waals surface area contributed by atoms with E-state index in [1.54, 1.807) is 0 Å². The number of hydrogen-bond donors (Lipinski definition) is 0. The Hall–Kier alpha value is -1.66. The van der Waals surface area contributed by atoms with Gasteiger partial charge in [-0.1, -0.05) is 11.6 Å². The first-order chi connectivity index (χ1) is 10.0. The van der Waals surface area contributed by atoms with Crippen molar-refractivity contribution in [2.45, 2.75) is 13.8 Å². The van der Waals surface area contributed by atoms with Crippen LogP contribution in [0.4, 0.5) is 10.3 Å². The van der Waals surface area contributed by atoms with Crippen molar-refractivity contribution in [3.05, 3.63) is 34.3 Å². The summed E-state index contributed by atoms with van der Waals surface area (Å²) in [7, 11) is 0. The molecule has 2 rings (SSSR count). The van der Waals surface area contributed by atoms with E-state index < -0.39 is 5.82 Å². The van der Waals surface area contributed by atoms with E-state index in [2.05, 4.69) is 15.0 Å². The summed E-state index contributed by atoms with van der Waals surface area (Å²) in [5.74, 6) is 0.198. The van der Waals surface area contributed by atoms with Crippen LogP contribution < -0.4 is 9.64 Å². The van der Waals surface area contributed by atoms with Crippen LogP contribution in [0.3, 0.4) is 0 Å². The van der Waals surface area contributed by atoms with Gasteiger partial charge in [0.1, 0.15) is 11.6 Å². The summed E-state index contributed by atoms with van der Waals surface area (Å²) in [6.07, 6.45) is 0. The lowest BCUT2D eigenvalue weighted by molar-refractivity contribution is 0.438. The van der Waals surface area contributed by atoms with Crippen LogP contribution in [0.1, 0.15) is 13.8 Å². The quantitative estimate of drug-likeness (QED) is 0.830. The van der Waals surface area contributed by atoms with Crippen LogP contribution in [0.15, 0.2) is 18.2 Å². The molecule has 1 aromatic carbocycles. The van der Waals surface area contributed by atoms with Gasteiger partial charge in [0, 0.05) is 13.1 Å². The highest BCUT2D eigenvalue weighted by molar-refractivity contribution is 6.32. The van der Waals surface area contributed by atoms with Crippen molar-refractivity contribution in [3.63, 3.8) is 0 Å². The molecule has 1 aromatic heterocycles. The Morgan fingerprint density at radius 3 is 2.48 bits per heavy atom. The second-order valence-electron chi connectivity index (χ2n) is 4.04. The van der Waals surface area contributed by atoms with Crippen molar-refractivity contribution in [1.29, 1.82) is 0 Å². The molecule has 5 nitrogen and oxygen atoms in total. The second-order valence-corrected chi connectivity index (χ2v) is 4.78. The smallest absolute Gasteiger partial charge is 0.328 e. The first kappa shape index (κ1) is 15.7. The molecule has 21 heavy (non-hydrogen) atoms. The number of anilines is 1. The van der Waals surface area contributed by atoms with E-state index in [-0.39, 0.29) is 22.1 Å². The number of hydrogen-bond acceptors (Lipinski definition) is 5. The molecule has 0 bridgehead atoms. The standard InChI is InChI=1S/C13H13Cl2FN4O/c1-3-20(4-2)12-17-11(15)18-13(19-12)21-10-6-5-8(16)7-9(10)14/h5-7H,3-4H2,1-2H3. The second kappa shape index (κ2) is 6.87. The number of nitrogens with zero attached hydrogens (tertiary/aromatic N) is 4. The molecular weight excluding hydrogens is 318 g/mol. The summed E-state index contributed by atoms with van der Waals surface area (Å²) < 4.78 is 18.5. The van der Waals surface area contributed by atoms with Crippen LogP contribution in [0, 0.1) is 5.82 Å². The molecule has 0 saturated carbocycles. The lowest BCUT2D eigenvalue weighted by atomic mass is 10.3. The van der Waals surface area contributed by atoms with Gasteiger partial charge in [0.15, 0.2) is 0 Å². The minimum atomic E-state index is -0.454. The zero-order chi connectivity index (χ0) is 15.4. The molecule has 0 fully saturated rings. The van der Waals surface area contributed by atoms with E-state index in [4.69, 9.17) is 27.9 Å². The van der Waals surface area contributed by atoms with Gasteiger partial charge in [-0.3, -0.25) is 0 Å². The van der Waals surface area contributed by atoms with Gasteiger partial charge in [0.25, 0.3) is 0 Å². The topological polar surface area (TPSA) is 51.1 Å². The Balaban J connectivity index is 2.31. The Bertz CT molecular complexity index is 638. The fourth-order valence-electron chi connectivity index (χ4n) is 1.67. The third kappa shape index (κ3) is 3.92. The van der Waals surface area contributed by atoms with Crippen LogP contribution in [0.5, 0.6) is 11.8 Å². The van der Waals surface area contributed by atoms with Crippen molar-refractivity contribution in [2.24, 2.45) is 0 Å². The minimum Gasteiger partial charge on any atom is -0.423 e. The molecule has 0 atom stereocenters. The van der Waals surface area contributed by atoms with Crippen molar-refractivity contribution in [1.82, 2.24) is 15.0 Å². The van der Waals surface area contributed by atoms with E-state index in [1.807, 2.05) is 18.7 Å². The molecule has 0 spiro atoms. The van der Waals surface area contributed by atoms with Gasteiger partial charge in [0.2, 0.25) is 11.2 Å². The van der Waals surface area contributed by atoms with Gasteiger partial charge >= 0.3 is 6.01 Å². The molecule has 0 saturated heterocycles. The van der Waals surface area contributed by atoms with Crippen LogP contribution in [-0.2, 0) is 0 Å². The highest BCUT2D eigenvalue weighted by Gasteiger charge is 2.13. The molecule has 0 aliphatic carbocycles. The van der Waals surface area contributed by atoms with Gasteiger partial charge in [-0.2, -0.15) is 15.0 Å². The highest BCUT2D eigenvalue weighted by atomic mass is 35.5. The largest absolute Gasteiger partial charge is 0.423 e. The van der Waals surface area contributed by atoms with Crippen LogP contribution in [0.25, 0.3) is 0 Å². The predicted molar refractivity (Wildman–Crippen MR) is 79.9 cm³/mol. The van der Waals surface area contributed by atoms with Crippen LogP contribution in [-0.4, -0.2) is 28.0 Å². The third-order valence-electron chi connectivity index (χ3n) is 2.72. The third-order valence-corrected chi connectivity index (χ3v) is 3.18. The molecule has 0 aliphatic rings. The summed E-state index contributed by atoms with van der Waals surface area (Å²) in [5.41, 5.74) is 0. The molecule has 0 aliphatic heterocycles. The Kier molecular flexibility index (Phi) is 5.14. The molecule has 112 valence electrons. The van der Waals surface area contributed by atoms with E-state index in [1.165, 1.54) is 12.1 Å². The van der Waals surface area contributed by atoms with E-state index in [0.29, 0.717) is 19.0 Å². The molecular formula is C13H13Cl2FN4O. The van der Waals surface area contributed by atoms with Gasteiger partial charge < -0.3 is 9.64 Å². The highest BCUT2D eigenvalue weighted by Crippen LogP contribution is 2.29. The maximum absolute atomic E-state index is 13.0. The maximum atomic E-state index is 13.0. The Morgan fingerprint density at radius 2 is 1.86 bits per heavy atom. The molecule has 8 heteroatoms.